The van der Waals surface area contributed by atoms with Crippen LogP contribution in [0.25, 0.3) is 0 Å². The van der Waals surface area contributed by atoms with Gasteiger partial charge in [-0.1, -0.05) is 0 Å². The van der Waals surface area contributed by atoms with Crippen molar-refractivity contribution < 1.29 is 28.7 Å². The predicted octanol–water partition coefficient (Wildman–Crippen LogP) is -0.342. The van der Waals surface area contributed by atoms with Crippen molar-refractivity contribution in [1.29, 1.82) is 0 Å². The number of cyclic esters (lactones) is 4. The molecule has 3 saturated carbocycles. The molecule has 6 atom stereocenters. The number of carbonyl (C=O) groups is 4. The monoisotopic (exact) mass is 250 g/mol. The number of ether oxygens (including phenoxy) is 2. The zero-order valence-corrected chi connectivity index (χ0v) is 9.33. The van der Waals surface area contributed by atoms with Crippen LogP contribution in [0.4, 0.5) is 0 Å². The summed E-state index contributed by atoms with van der Waals surface area (Å²) in [6.45, 7) is 0. The molecule has 6 heteroatoms. The van der Waals surface area contributed by atoms with E-state index in [1.807, 2.05) is 0 Å². The molecule has 0 N–H and O–H groups in total. The van der Waals surface area contributed by atoms with Crippen LogP contribution < -0.4 is 0 Å². The number of hydrogen-bond donors (Lipinski definition) is 0. The number of carbonyl (C=O) groups excluding carboxylic acids is 4. The Kier molecular flexibility index (Phi) is 1.70. The first-order chi connectivity index (χ1) is 8.59. The Bertz CT molecular complexity index is 423. The molecule has 0 aromatic carbocycles. The maximum absolute atomic E-state index is 11.7. The average Bonchev–Trinajstić information content (AvgIpc) is 2.81. The fraction of sp³-hybridized carbons (Fsp3) is 0.667. The van der Waals surface area contributed by atoms with E-state index in [-0.39, 0.29) is 11.8 Å². The molecule has 0 amide bonds. The third kappa shape index (κ3) is 0.958. The van der Waals surface area contributed by atoms with Gasteiger partial charge in [-0.05, 0) is 24.7 Å². The summed E-state index contributed by atoms with van der Waals surface area (Å²) in [6, 6.07) is 0. The van der Waals surface area contributed by atoms with Crippen molar-refractivity contribution in [1.82, 2.24) is 0 Å². The summed E-state index contributed by atoms with van der Waals surface area (Å²) in [5.41, 5.74) is 0. The van der Waals surface area contributed by atoms with Gasteiger partial charge in [0.2, 0.25) is 0 Å². The van der Waals surface area contributed by atoms with Crippen LogP contribution in [0, 0.1) is 35.5 Å². The number of hydrogen-bond acceptors (Lipinski definition) is 6. The summed E-state index contributed by atoms with van der Waals surface area (Å²) in [4.78, 5) is 46.8. The lowest BCUT2D eigenvalue weighted by Crippen LogP contribution is -2.53. The van der Waals surface area contributed by atoms with E-state index in [2.05, 4.69) is 9.47 Å². The lowest BCUT2D eigenvalue weighted by Gasteiger charge is -2.46. The van der Waals surface area contributed by atoms with Gasteiger partial charge in [0.05, 0.1) is 23.7 Å². The summed E-state index contributed by atoms with van der Waals surface area (Å²) >= 11 is 0. The quantitative estimate of drug-likeness (QED) is 0.431. The second kappa shape index (κ2) is 2.99. The number of rotatable bonds is 0. The highest BCUT2D eigenvalue weighted by Crippen LogP contribution is 2.59. The highest BCUT2D eigenvalue weighted by atomic mass is 16.6. The van der Waals surface area contributed by atoms with Crippen molar-refractivity contribution in [3.8, 4) is 0 Å². The van der Waals surface area contributed by atoms with Gasteiger partial charge >= 0.3 is 23.9 Å². The molecule has 94 valence electrons. The summed E-state index contributed by atoms with van der Waals surface area (Å²) in [5.74, 6) is -4.88. The molecule has 5 rings (SSSR count). The zero-order chi connectivity index (χ0) is 12.6. The van der Waals surface area contributed by atoms with Gasteiger partial charge in [0.25, 0.3) is 0 Å². The Morgan fingerprint density at radius 2 is 0.889 bits per heavy atom. The third-order valence-electron chi connectivity index (χ3n) is 4.94. The fourth-order valence-corrected chi connectivity index (χ4v) is 4.37. The molecule has 2 bridgehead atoms. The largest absolute Gasteiger partial charge is 0.393 e. The molecular weight excluding hydrogens is 240 g/mol. The van der Waals surface area contributed by atoms with Gasteiger partial charge in [-0.2, -0.15) is 0 Å². The molecule has 0 aromatic rings. The molecule has 0 aromatic heterocycles. The van der Waals surface area contributed by atoms with Crippen LogP contribution >= 0.6 is 0 Å². The second-order valence-corrected chi connectivity index (χ2v) is 5.49. The first-order valence-corrected chi connectivity index (χ1v) is 6.10. The standard InChI is InChI=1S/C12H10O6/c13-9-5-3-1-2-4(7(5)11(15)17-9)8-6(3)10(14)18-12(8)16/h3-8H,1-2H2/t3-,4+,5+,6-,7-,8?/m0/s1. The summed E-state index contributed by atoms with van der Waals surface area (Å²) in [6.07, 6.45) is 1.36. The normalized spacial score (nSPS) is 48.9. The smallest absolute Gasteiger partial charge is 0.317 e. The van der Waals surface area contributed by atoms with Crippen LogP contribution in [0.3, 0.4) is 0 Å². The maximum Gasteiger partial charge on any atom is 0.317 e. The highest BCUT2D eigenvalue weighted by molar-refractivity contribution is 6.02. The molecule has 2 aliphatic heterocycles. The molecule has 3 aliphatic carbocycles. The van der Waals surface area contributed by atoms with Gasteiger partial charge < -0.3 is 9.47 Å². The fourth-order valence-electron chi connectivity index (χ4n) is 4.37. The molecule has 2 heterocycles. The van der Waals surface area contributed by atoms with E-state index in [1.54, 1.807) is 0 Å². The van der Waals surface area contributed by atoms with Gasteiger partial charge in [-0.15, -0.1) is 0 Å². The number of fused-ring (bicyclic) bond motifs is 1. The van der Waals surface area contributed by atoms with E-state index < -0.39 is 47.5 Å². The Morgan fingerprint density at radius 3 is 1.17 bits per heavy atom. The Balaban J connectivity index is 1.84. The minimum Gasteiger partial charge on any atom is -0.393 e. The average molecular weight is 250 g/mol. The summed E-state index contributed by atoms with van der Waals surface area (Å²) < 4.78 is 9.37. The molecule has 5 fully saturated rings. The molecule has 5 aliphatic rings. The molecule has 6 nitrogen and oxygen atoms in total. The molecular formula is C12H10O6. The molecule has 18 heavy (non-hydrogen) atoms. The van der Waals surface area contributed by atoms with Gasteiger partial charge in [-0.25, -0.2) is 0 Å². The lowest BCUT2D eigenvalue weighted by molar-refractivity contribution is -0.154. The van der Waals surface area contributed by atoms with E-state index in [0.29, 0.717) is 12.8 Å². The minimum absolute atomic E-state index is 0.275. The van der Waals surface area contributed by atoms with Crippen molar-refractivity contribution in [2.45, 2.75) is 12.8 Å². The lowest BCUT2D eigenvalue weighted by atomic mass is 9.51. The molecule has 0 radical (unpaired) electrons. The van der Waals surface area contributed by atoms with Crippen LogP contribution in [0.1, 0.15) is 12.8 Å². The van der Waals surface area contributed by atoms with Gasteiger partial charge in [0.15, 0.2) is 0 Å². The Morgan fingerprint density at radius 1 is 0.611 bits per heavy atom. The van der Waals surface area contributed by atoms with Crippen molar-refractivity contribution in [2.24, 2.45) is 35.5 Å². The second-order valence-electron chi connectivity index (χ2n) is 5.49. The Labute approximate surface area is 102 Å². The van der Waals surface area contributed by atoms with Gasteiger partial charge in [0, 0.05) is 0 Å². The van der Waals surface area contributed by atoms with Crippen LogP contribution in [0.15, 0.2) is 0 Å². The van der Waals surface area contributed by atoms with E-state index >= 15 is 0 Å². The Hall–Kier alpha value is -1.72. The first kappa shape index (κ1) is 10.2. The van der Waals surface area contributed by atoms with E-state index in [0.717, 1.165) is 0 Å². The van der Waals surface area contributed by atoms with Crippen LogP contribution in [0.5, 0.6) is 0 Å². The van der Waals surface area contributed by atoms with Crippen molar-refractivity contribution in [2.75, 3.05) is 0 Å². The van der Waals surface area contributed by atoms with Crippen molar-refractivity contribution in [3.63, 3.8) is 0 Å². The van der Waals surface area contributed by atoms with E-state index in [1.165, 1.54) is 0 Å². The molecule has 1 unspecified atom stereocenters. The van der Waals surface area contributed by atoms with E-state index in [4.69, 9.17) is 0 Å². The summed E-state index contributed by atoms with van der Waals surface area (Å²) in [7, 11) is 0. The third-order valence-corrected chi connectivity index (χ3v) is 4.94. The van der Waals surface area contributed by atoms with Crippen molar-refractivity contribution >= 4 is 23.9 Å². The van der Waals surface area contributed by atoms with Crippen LogP contribution in [0.2, 0.25) is 0 Å². The van der Waals surface area contributed by atoms with Crippen LogP contribution in [-0.4, -0.2) is 23.9 Å². The van der Waals surface area contributed by atoms with Crippen molar-refractivity contribution in [3.05, 3.63) is 0 Å². The zero-order valence-electron chi connectivity index (χ0n) is 9.33. The topological polar surface area (TPSA) is 86.7 Å². The molecule has 2 saturated heterocycles. The highest BCUT2D eigenvalue weighted by Gasteiger charge is 2.69. The molecule has 0 spiro atoms. The minimum atomic E-state index is -0.545. The SMILES string of the molecule is O=C1OC(=O)[C@@H]2C1[C@@H]1CC[C@H]2[C@H]2C(=O)OC(=O)[C@H]21. The van der Waals surface area contributed by atoms with Crippen LogP contribution in [-0.2, 0) is 28.7 Å². The van der Waals surface area contributed by atoms with Gasteiger partial charge in [-0.3, -0.25) is 19.2 Å². The summed E-state index contributed by atoms with van der Waals surface area (Å²) in [5, 5.41) is 0. The first-order valence-electron chi connectivity index (χ1n) is 6.10. The van der Waals surface area contributed by atoms with Gasteiger partial charge in [0.1, 0.15) is 0 Å². The maximum atomic E-state index is 11.7. The predicted molar refractivity (Wildman–Crippen MR) is 52.4 cm³/mol. The van der Waals surface area contributed by atoms with E-state index in [9.17, 15) is 19.2 Å². The number of esters is 4.